The monoisotopic (exact) mass is 646 g/mol. The number of fused-ring (bicyclic) bond motifs is 1. The van der Waals surface area contributed by atoms with E-state index in [1.807, 2.05) is 30.1 Å². The van der Waals surface area contributed by atoms with Crippen molar-refractivity contribution in [1.29, 1.82) is 0 Å². The van der Waals surface area contributed by atoms with E-state index < -0.39 is 5.97 Å². The molecule has 1 saturated carbocycles. The number of nitrogens with one attached hydrogen (secondary N) is 2. The molecule has 3 N–H and O–H groups in total. The maximum atomic E-state index is 14.9. The first-order valence-corrected chi connectivity index (χ1v) is 17.6. The smallest absolute Gasteiger partial charge is 0.306 e. The van der Waals surface area contributed by atoms with Crippen LogP contribution in [-0.4, -0.2) is 67.9 Å². The zero-order chi connectivity index (χ0) is 32.9. The van der Waals surface area contributed by atoms with Gasteiger partial charge in [-0.05, 0) is 75.5 Å². The van der Waals surface area contributed by atoms with Crippen molar-refractivity contribution in [3.8, 4) is 0 Å². The van der Waals surface area contributed by atoms with E-state index in [4.69, 9.17) is 9.97 Å². The number of hydrogen-bond donors (Lipinski definition) is 3. The molecule has 11 heteroatoms. The van der Waals surface area contributed by atoms with Gasteiger partial charge in [-0.15, -0.1) is 0 Å². The number of piperidine rings is 1. The van der Waals surface area contributed by atoms with E-state index >= 15 is 0 Å². The largest absolute Gasteiger partial charge is 0.481 e. The molecule has 2 aromatic heterocycles. The molecular weight excluding hydrogens is 595 g/mol. The number of halogens is 1. The summed E-state index contributed by atoms with van der Waals surface area (Å²) in [5, 5.41) is 21.6. The van der Waals surface area contributed by atoms with Gasteiger partial charge in [-0.2, -0.15) is 5.10 Å². The molecule has 0 unspecified atom stereocenters. The summed E-state index contributed by atoms with van der Waals surface area (Å²) >= 11 is 0. The Kier molecular flexibility index (Phi) is 10.7. The van der Waals surface area contributed by atoms with Gasteiger partial charge < -0.3 is 25.5 Å². The van der Waals surface area contributed by atoms with Crippen LogP contribution in [0.1, 0.15) is 87.5 Å². The summed E-state index contributed by atoms with van der Waals surface area (Å²) in [6.45, 7) is 9.26. The van der Waals surface area contributed by atoms with E-state index in [-0.39, 0.29) is 23.8 Å². The lowest BCUT2D eigenvalue weighted by molar-refractivity contribution is -0.143. The summed E-state index contributed by atoms with van der Waals surface area (Å²) in [5.41, 5.74) is 3.74. The Morgan fingerprint density at radius 1 is 1.13 bits per heavy atom. The first-order chi connectivity index (χ1) is 22.8. The maximum Gasteiger partial charge on any atom is 0.306 e. The van der Waals surface area contributed by atoms with Crippen molar-refractivity contribution in [2.75, 3.05) is 36.4 Å². The van der Waals surface area contributed by atoms with E-state index in [1.54, 1.807) is 6.07 Å². The molecule has 0 spiro atoms. The van der Waals surface area contributed by atoms with E-state index in [2.05, 4.69) is 45.6 Å². The third-order valence-corrected chi connectivity index (χ3v) is 10.6. The predicted molar refractivity (Wildman–Crippen MR) is 182 cm³/mol. The number of nitrogens with zero attached hydrogens (tertiary/aromatic N) is 6. The van der Waals surface area contributed by atoms with Crippen molar-refractivity contribution in [3.05, 3.63) is 65.1 Å². The minimum atomic E-state index is -0.667. The van der Waals surface area contributed by atoms with Crippen LogP contribution in [0.15, 0.2) is 36.7 Å². The first kappa shape index (κ1) is 33.3. The summed E-state index contributed by atoms with van der Waals surface area (Å²) < 4.78 is 16.8. The van der Waals surface area contributed by atoms with E-state index in [1.165, 1.54) is 18.9 Å². The highest BCUT2D eigenvalue weighted by Crippen LogP contribution is 2.34. The van der Waals surface area contributed by atoms with E-state index in [0.29, 0.717) is 43.6 Å². The fraction of sp³-hybridized carbons (Fsp3) is 0.611. The summed E-state index contributed by atoms with van der Waals surface area (Å²) in [5.74, 6) is 1.57. The minimum Gasteiger partial charge on any atom is -0.481 e. The molecule has 47 heavy (non-hydrogen) atoms. The zero-order valence-electron chi connectivity index (χ0n) is 28.2. The van der Waals surface area contributed by atoms with Crippen molar-refractivity contribution in [2.24, 2.45) is 24.8 Å². The second kappa shape index (κ2) is 15.1. The molecule has 0 amide bonds. The number of aliphatic carboxylic acids is 1. The van der Waals surface area contributed by atoms with Gasteiger partial charge in [0.15, 0.2) is 0 Å². The highest BCUT2D eigenvalue weighted by Gasteiger charge is 2.31. The molecule has 2 aliphatic heterocycles. The molecule has 0 radical (unpaired) electrons. The fourth-order valence-electron chi connectivity index (χ4n) is 7.94. The van der Waals surface area contributed by atoms with Crippen LogP contribution in [0, 0.1) is 23.6 Å². The number of carboxylic acid groups (broad SMARTS) is 1. The molecule has 0 bridgehead atoms. The molecule has 3 aliphatic rings. The molecule has 4 heterocycles. The van der Waals surface area contributed by atoms with Gasteiger partial charge in [0, 0.05) is 63.0 Å². The minimum absolute atomic E-state index is 0.0227. The molecule has 254 valence electrons. The van der Waals surface area contributed by atoms with Crippen molar-refractivity contribution in [1.82, 2.24) is 30.0 Å². The van der Waals surface area contributed by atoms with Crippen LogP contribution < -0.4 is 15.5 Å². The van der Waals surface area contributed by atoms with Crippen LogP contribution in [0.4, 0.5) is 15.9 Å². The Morgan fingerprint density at radius 2 is 1.94 bits per heavy atom. The average Bonchev–Trinajstić information content (AvgIpc) is 3.51. The summed E-state index contributed by atoms with van der Waals surface area (Å²) in [7, 11) is 1.95. The van der Waals surface area contributed by atoms with Crippen molar-refractivity contribution in [3.63, 3.8) is 0 Å². The Balaban J connectivity index is 1.27. The number of hydrogen-bond acceptors (Lipinski definition) is 8. The van der Waals surface area contributed by atoms with Gasteiger partial charge in [-0.25, -0.2) is 14.4 Å². The molecule has 3 atom stereocenters. The van der Waals surface area contributed by atoms with Crippen molar-refractivity contribution >= 4 is 17.5 Å². The second-order valence-corrected chi connectivity index (χ2v) is 14.0. The average molecular weight is 647 g/mol. The third-order valence-electron chi connectivity index (χ3n) is 10.6. The Hall–Kier alpha value is -3.57. The molecule has 1 aliphatic carbocycles. The number of carboxylic acids is 1. The van der Waals surface area contributed by atoms with E-state index in [9.17, 15) is 14.3 Å². The molecule has 1 saturated heterocycles. The first-order valence-electron chi connectivity index (χ1n) is 17.6. The highest BCUT2D eigenvalue weighted by molar-refractivity contribution is 5.70. The van der Waals surface area contributed by atoms with Gasteiger partial charge in [-0.3, -0.25) is 9.48 Å². The highest BCUT2D eigenvalue weighted by atomic mass is 19.1. The van der Waals surface area contributed by atoms with Gasteiger partial charge in [0.25, 0.3) is 0 Å². The maximum absolute atomic E-state index is 14.9. The Bertz CT molecular complexity index is 1510. The van der Waals surface area contributed by atoms with Crippen LogP contribution >= 0.6 is 0 Å². The Labute approximate surface area is 278 Å². The van der Waals surface area contributed by atoms with E-state index in [0.717, 1.165) is 80.2 Å². The molecule has 3 aromatic rings. The SMILES string of the molecule is CC[C@@H](NCc1nc2c(c(N[C@@H](CN3CCC[C@H](C)C3)c3cnn(C)c3)n1)CN(c1ccccc1F)CC2)C1CCC(C(=O)O)CC1. The predicted octanol–water partition coefficient (Wildman–Crippen LogP) is 5.56. The number of aryl methyl sites for hydroxylation is 1. The third kappa shape index (κ3) is 8.12. The molecule has 2 fully saturated rings. The molecule has 10 nitrogen and oxygen atoms in total. The molecule has 6 rings (SSSR count). The van der Waals surface area contributed by atoms with Crippen molar-refractivity contribution < 1.29 is 14.3 Å². The number of anilines is 2. The molecular formula is C36H51FN8O2. The van der Waals surface area contributed by atoms with Crippen LogP contribution in [-0.2, 0) is 31.4 Å². The van der Waals surface area contributed by atoms with Crippen molar-refractivity contribution in [2.45, 2.75) is 90.4 Å². The topological polar surface area (TPSA) is 111 Å². The second-order valence-electron chi connectivity index (χ2n) is 14.0. The number of para-hydroxylation sites is 1. The van der Waals surface area contributed by atoms with Crippen LogP contribution in [0.5, 0.6) is 0 Å². The van der Waals surface area contributed by atoms with Gasteiger partial charge in [0.1, 0.15) is 17.5 Å². The Morgan fingerprint density at radius 3 is 2.64 bits per heavy atom. The summed E-state index contributed by atoms with van der Waals surface area (Å²) in [6.07, 6.45) is 11.5. The summed E-state index contributed by atoms with van der Waals surface area (Å²) in [6, 6.07) is 7.23. The number of benzene rings is 1. The quantitative estimate of drug-likeness (QED) is 0.233. The van der Waals surface area contributed by atoms with Gasteiger partial charge in [0.2, 0.25) is 0 Å². The fourth-order valence-corrected chi connectivity index (χ4v) is 7.94. The lowest BCUT2D eigenvalue weighted by Crippen LogP contribution is -2.40. The summed E-state index contributed by atoms with van der Waals surface area (Å²) in [4.78, 5) is 26.4. The number of carbonyl (C=O) groups is 1. The number of aromatic nitrogens is 4. The lowest BCUT2D eigenvalue weighted by atomic mass is 9.78. The van der Waals surface area contributed by atoms with Gasteiger partial charge >= 0.3 is 5.97 Å². The normalized spacial score (nSPS) is 23.2. The number of likely N-dealkylation sites (tertiary alicyclic amines) is 1. The van der Waals surface area contributed by atoms with Crippen LogP contribution in [0.3, 0.4) is 0 Å². The van der Waals surface area contributed by atoms with Gasteiger partial charge in [0.05, 0.1) is 36.1 Å². The van der Waals surface area contributed by atoms with Gasteiger partial charge in [-0.1, -0.05) is 26.0 Å². The number of rotatable bonds is 12. The lowest BCUT2D eigenvalue weighted by Gasteiger charge is -2.35. The van der Waals surface area contributed by atoms with Crippen LogP contribution in [0.25, 0.3) is 0 Å². The zero-order valence-corrected chi connectivity index (χ0v) is 28.2. The standard InChI is InChI=1S/C36H51FN8O2/c1-4-30(25-11-13-26(14-12-25)36(46)47)38-19-34-40-31-15-17-45(33-10-6-5-9-29(33)37)22-28(31)35(42-34)41-32(27-18-39-43(3)21-27)23-44-16-7-8-24(2)20-44/h5-6,9-10,18,21,24-26,30,32,38H,4,7-8,11-17,19-20,22-23H2,1-3H3,(H,46,47)(H,40,41,42)/t24-,25?,26?,30+,32-/m0/s1. The molecule has 1 aromatic carbocycles. The van der Waals surface area contributed by atoms with Crippen LogP contribution in [0.2, 0.25) is 0 Å².